The van der Waals surface area contributed by atoms with Crippen LogP contribution in [0, 0.1) is 11.8 Å². The third kappa shape index (κ3) is 3.22. The molecule has 0 aromatic carbocycles. The number of allylic oxidation sites excluding steroid dienone is 4. The number of hydrogen-bond acceptors (Lipinski definition) is 0. The summed E-state index contributed by atoms with van der Waals surface area (Å²) in [5, 5.41) is 0. The van der Waals surface area contributed by atoms with Crippen molar-refractivity contribution in [2.24, 2.45) is 11.8 Å². The average molecular weight is 206 g/mol. The van der Waals surface area contributed by atoms with E-state index in [-0.39, 0.29) is 0 Å². The Hall–Kier alpha value is -0.520. The maximum absolute atomic E-state index is 2.51. The van der Waals surface area contributed by atoms with Gasteiger partial charge in [0.05, 0.1) is 0 Å². The van der Waals surface area contributed by atoms with Crippen LogP contribution in [0.3, 0.4) is 0 Å². The minimum Gasteiger partial charge on any atom is -0.0779 e. The zero-order valence-corrected chi connectivity index (χ0v) is 11.1. The van der Waals surface area contributed by atoms with Gasteiger partial charge in [-0.2, -0.15) is 0 Å². The fraction of sp³-hybridized carbons (Fsp3) is 0.733. The third-order valence-corrected chi connectivity index (χ3v) is 3.80. The Morgan fingerprint density at radius 2 is 2.00 bits per heavy atom. The first-order valence-corrected chi connectivity index (χ1v) is 6.45. The molecule has 0 bridgehead atoms. The molecule has 0 aliphatic heterocycles. The van der Waals surface area contributed by atoms with Gasteiger partial charge in [0, 0.05) is 0 Å². The van der Waals surface area contributed by atoms with Gasteiger partial charge in [-0.25, -0.2) is 0 Å². The molecule has 0 saturated heterocycles. The molecule has 2 unspecified atom stereocenters. The fourth-order valence-corrected chi connectivity index (χ4v) is 2.78. The monoisotopic (exact) mass is 206 g/mol. The largest absolute Gasteiger partial charge is 0.0779 e. The Morgan fingerprint density at radius 1 is 1.33 bits per heavy atom. The highest BCUT2D eigenvalue weighted by Gasteiger charge is 2.17. The van der Waals surface area contributed by atoms with Crippen LogP contribution in [0.5, 0.6) is 0 Å². The molecule has 1 aliphatic carbocycles. The molecule has 86 valence electrons. The predicted molar refractivity (Wildman–Crippen MR) is 68.9 cm³/mol. The topological polar surface area (TPSA) is 0 Å². The molecular formula is C15H26. The van der Waals surface area contributed by atoms with Gasteiger partial charge in [0.1, 0.15) is 0 Å². The van der Waals surface area contributed by atoms with Crippen LogP contribution < -0.4 is 0 Å². The average Bonchev–Trinajstić information content (AvgIpc) is 2.17. The summed E-state index contributed by atoms with van der Waals surface area (Å²) >= 11 is 0. The molecule has 1 rings (SSSR count). The van der Waals surface area contributed by atoms with Crippen molar-refractivity contribution in [3.8, 4) is 0 Å². The van der Waals surface area contributed by atoms with Crippen molar-refractivity contribution in [3.63, 3.8) is 0 Å². The first kappa shape index (κ1) is 12.5. The molecule has 1 aliphatic rings. The summed E-state index contributed by atoms with van der Waals surface area (Å²) in [6, 6.07) is 0. The van der Waals surface area contributed by atoms with Crippen molar-refractivity contribution >= 4 is 0 Å². The standard InChI is InChI=1S/C15H26/c1-6-11(3)8-14-9-12(4)15(7-2)13(5)10-14/h9,11,14H,6-8,10H2,1-5H3. The van der Waals surface area contributed by atoms with Crippen LogP contribution >= 0.6 is 0 Å². The van der Waals surface area contributed by atoms with Crippen LogP contribution in [0.1, 0.15) is 60.3 Å². The van der Waals surface area contributed by atoms with Gasteiger partial charge in [0.25, 0.3) is 0 Å². The second-order valence-corrected chi connectivity index (χ2v) is 5.18. The van der Waals surface area contributed by atoms with E-state index in [0.717, 1.165) is 11.8 Å². The Labute approximate surface area is 95.5 Å². The van der Waals surface area contributed by atoms with Gasteiger partial charge in [0.15, 0.2) is 0 Å². The van der Waals surface area contributed by atoms with Gasteiger partial charge in [-0.05, 0) is 50.5 Å². The second-order valence-electron chi connectivity index (χ2n) is 5.18. The lowest BCUT2D eigenvalue weighted by Crippen LogP contribution is -2.10. The quantitative estimate of drug-likeness (QED) is 0.599. The molecule has 0 spiro atoms. The molecule has 0 saturated carbocycles. The molecule has 0 fully saturated rings. The highest BCUT2D eigenvalue weighted by Crippen LogP contribution is 2.33. The van der Waals surface area contributed by atoms with E-state index in [2.05, 4.69) is 40.7 Å². The third-order valence-electron chi connectivity index (χ3n) is 3.80. The van der Waals surface area contributed by atoms with Crippen molar-refractivity contribution in [2.75, 3.05) is 0 Å². The van der Waals surface area contributed by atoms with Crippen molar-refractivity contribution in [1.29, 1.82) is 0 Å². The van der Waals surface area contributed by atoms with Crippen molar-refractivity contribution in [3.05, 3.63) is 22.8 Å². The summed E-state index contributed by atoms with van der Waals surface area (Å²) < 4.78 is 0. The molecule has 0 aromatic rings. The van der Waals surface area contributed by atoms with Gasteiger partial charge in [0.2, 0.25) is 0 Å². The summed E-state index contributed by atoms with van der Waals surface area (Å²) in [5.41, 5.74) is 4.77. The summed E-state index contributed by atoms with van der Waals surface area (Å²) in [4.78, 5) is 0. The molecule has 15 heavy (non-hydrogen) atoms. The lowest BCUT2D eigenvalue weighted by Gasteiger charge is -2.25. The number of hydrogen-bond donors (Lipinski definition) is 0. The highest BCUT2D eigenvalue weighted by atomic mass is 14.2. The second kappa shape index (κ2) is 5.53. The molecule has 0 heterocycles. The van der Waals surface area contributed by atoms with Crippen molar-refractivity contribution < 1.29 is 0 Å². The number of rotatable bonds is 4. The first-order chi connectivity index (χ1) is 7.08. The van der Waals surface area contributed by atoms with Crippen LogP contribution in [0.25, 0.3) is 0 Å². The predicted octanol–water partition coefficient (Wildman–Crippen LogP) is 5.12. The SMILES string of the molecule is CCC1=C(C)CC(CC(C)CC)C=C1C. The maximum Gasteiger partial charge on any atom is -0.0188 e. The Balaban J connectivity index is 2.67. The summed E-state index contributed by atoms with van der Waals surface area (Å²) in [6.07, 6.45) is 7.68. The zero-order valence-electron chi connectivity index (χ0n) is 11.1. The molecule has 0 heteroatoms. The minimum absolute atomic E-state index is 0.801. The fourth-order valence-electron chi connectivity index (χ4n) is 2.78. The van der Waals surface area contributed by atoms with E-state index in [1.807, 2.05) is 0 Å². The van der Waals surface area contributed by atoms with Crippen LogP contribution in [0.2, 0.25) is 0 Å². The van der Waals surface area contributed by atoms with Gasteiger partial charge in [-0.3, -0.25) is 0 Å². The highest BCUT2D eigenvalue weighted by molar-refractivity contribution is 5.37. The molecule has 0 aromatic heterocycles. The smallest absolute Gasteiger partial charge is 0.0188 e. The summed E-state index contributed by atoms with van der Waals surface area (Å²) in [6.45, 7) is 11.5. The molecule has 0 radical (unpaired) electrons. The molecular weight excluding hydrogens is 180 g/mol. The lowest BCUT2D eigenvalue weighted by atomic mass is 9.80. The van der Waals surface area contributed by atoms with Crippen molar-refractivity contribution in [1.82, 2.24) is 0 Å². The Morgan fingerprint density at radius 3 is 2.47 bits per heavy atom. The molecule has 0 nitrogen and oxygen atoms in total. The van der Waals surface area contributed by atoms with Crippen LogP contribution in [-0.4, -0.2) is 0 Å². The van der Waals surface area contributed by atoms with E-state index < -0.39 is 0 Å². The first-order valence-electron chi connectivity index (χ1n) is 6.45. The molecule has 0 amide bonds. The van der Waals surface area contributed by atoms with Crippen LogP contribution in [-0.2, 0) is 0 Å². The maximum atomic E-state index is 2.51. The lowest BCUT2D eigenvalue weighted by molar-refractivity contribution is 0.427. The summed E-state index contributed by atoms with van der Waals surface area (Å²) in [5.74, 6) is 1.67. The van der Waals surface area contributed by atoms with Crippen molar-refractivity contribution in [2.45, 2.75) is 60.3 Å². The van der Waals surface area contributed by atoms with E-state index in [1.165, 1.54) is 31.3 Å². The van der Waals surface area contributed by atoms with E-state index in [4.69, 9.17) is 0 Å². The Kier molecular flexibility index (Phi) is 4.63. The van der Waals surface area contributed by atoms with Crippen LogP contribution in [0.4, 0.5) is 0 Å². The minimum atomic E-state index is 0.801. The van der Waals surface area contributed by atoms with Gasteiger partial charge < -0.3 is 0 Å². The molecule has 0 N–H and O–H groups in total. The molecule has 2 atom stereocenters. The van der Waals surface area contributed by atoms with E-state index >= 15 is 0 Å². The van der Waals surface area contributed by atoms with Crippen LogP contribution in [0.15, 0.2) is 22.8 Å². The normalized spacial score (nSPS) is 24.1. The van der Waals surface area contributed by atoms with E-state index in [9.17, 15) is 0 Å². The van der Waals surface area contributed by atoms with E-state index in [0.29, 0.717) is 0 Å². The zero-order chi connectivity index (χ0) is 11.4. The van der Waals surface area contributed by atoms with Gasteiger partial charge in [-0.1, -0.05) is 44.4 Å². The van der Waals surface area contributed by atoms with Gasteiger partial charge >= 0.3 is 0 Å². The van der Waals surface area contributed by atoms with Gasteiger partial charge in [-0.15, -0.1) is 0 Å². The summed E-state index contributed by atoms with van der Waals surface area (Å²) in [7, 11) is 0. The van der Waals surface area contributed by atoms with E-state index in [1.54, 1.807) is 11.1 Å². The Bertz CT molecular complexity index is 268.